The van der Waals surface area contributed by atoms with E-state index in [9.17, 15) is 9.18 Å². The van der Waals surface area contributed by atoms with Gasteiger partial charge in [0, 0.05) is 34.9 Å². The van der Waals surface area contributed by atoms with Gasteiger partial charge in [0.1, 0.15) is 17.4 Å². The molecule has 0 unspecified atom stereocenters. The zero-order chi connectivity index (χ0) is 25.4. The highest BCUT2D eigenvalue weighted by molar-refractivity contribution is 5.97. The number of halogens is 1. The van der Waals surface area contributed by atoms with Gasteiger partial charge in [-0.05, 0) is 57.5 Å². The number of carbonyl (C=O) groups excluding carboxylic acids is 1. The molecule has 8 heteroatoms. The van der Waals surface area contributed by atoms with E-state index in [2.05, 4.69) is 9.97 Å². The highest BCUT2D eigenvalue weighted by Crippen LogP contribution is 2.45. The minimum absolute atomic E-state index is 0.0614. The molecule has 0 N–H and O–H groups in total. The zero-order valence-corrected chi connectivity index (χ0v) is 20.8. The van der Waals surface area contributed by atoms with E-state index in [1.807, 2.05) is 58.0 Å². The van der Waals surface area contributed by atoms with Crippen LogP contribution in [0.1, 0.15) is 53.0 Å². The van der Waals surface area contributed by atoms with Gasteiger partial charge in [-0.15, -0.1) is 0 Å². The lowest BCUT2D eigenvalue weighted by molar-refractivity contribution is -0.119. The van der Waals surface area contributed by atoms with E-state index < -0.39 is 0 Å². The molecule has 184 valence electrons. The number of fused-ring (bicyclic) bond motifs is 1. The molecular weight excluding hydrogens is 457 g/mol. The number of rotatable bonds is 6. The molecule has 2 aromatic carbocycles. The van der Waals surface area contributed by atoms with Crippen molar-refractivity contribution in [3.63, 3.8) is 0 Å². The maximum absolute atomic E-state index is 13.7. The number of carbonyl (C=O) groups is 1. The van der Waals surface area contributed by atoms with Crippen molar-refractivity contribution in [3.8, 4) is 11.7 Å². The van der Waals surface area contributed by atoms with Crippen molar-refractivity contribution in [1.82, 2.24) is 19.7 Å². The van der Waals surface area contributed by atoms with Gasteiger partial charge in [-0.2, -0.15) is 9.78 Å². The smallest absolute Gasteiger partial charge is 0.252 e. The van der Waals surface area contributed by atoms with Crippen molar-refractivity contribution in [2.24, 2.45) is 0 Å². The molecule has 5 rings (SSSR count). The predicted molar refractivity (Wildman–Crippen MR) is 135 cm³/mol. The van der Waals surface area contributed by atoms with E-state index >= 15 is 0 Å². The van der Waals surface area contributed by atoms with Crippen LogP contribution in [0.5, 0.6) is 5.75 Å². The van der Waals surface area contributed by atoms with Crippen LogP contribution >= 0.6 is 0 Å². The summed E-state index contributed by atoms with van der Waals surface area (Å²) in [5.41, 5.74) is 5.11. The Hall–Kier alpha value is -4.07. The highest BCUT2D eigenvalue weighted by Gasteiger charge is 2.39. The Morgan fingerprint density at radius 1 is 1.03 bits per heavy atom. The van der Waals surface area contributed by atoms with Crippen molar-refractivity contribution in [2.45, 2.75) is 46.6 Å². The fourth-order valence-corrected chi connectivity index (χ4v) is 4.90. The molecule has 7 nitrogen and oxygen atoms in total. The second kappa shape index (κ2) is 9.53. The van der Waals surface area contributed by atoms with Crippen LogP contribution in [-0.4, -0.2) is 32.3 Å². The minimum Gasteiger partial charge on any atom is -0.494 e. The van der Waals surface area contributed by atoms with E-state index in [1.165, 1.54) is 12.1 Å². The van der Waals surface area contributed by atoms with E-state index in [4.69, 9.17) is 9.84 Å². The summed E-state index contributed by atoms with van der Waals surface area (Å²) in [7, 11) is 0. The van der Waals surface area contributed by atoms with Crippen LogP contribution in [0, 0.1) is 26.6 Å². The molecule has 3 heterocycles. The molecule has 1 aliphatic rings. The van der Waals surface area contributed by atoms with Gasteiger partial charge in [-0.25, -0.2) is 14.4 Å². The van der Waals surface area contributed by atoms with E-state index in [0.29, 0.717) is 18.4 Å². The van der Waals surface area contributed by atoms with E-state index in [-0.39, 0.29) is 30.6 Å². The number of ether oxygens (including phenoxy) is 1. The van der Waals surface area contributed by atoms with Crippen LogP contribution in [0.25, 0.3) is 5.95 Å². The van der Waals surface area contributed by atoms with Crippen molar-refractivity contribution in [3.05, 3.63) is 94.2 Å². The maximum atomic E-state index is 13.7. The molecule has 0 radical (unpaired) electrons. The molecule has 0 saturated heterocycles. The number of aromatic nitrogens is 4. The van der Waals surface area contributed by atoms with Crippen molar-refractivity contribution < 1.29 is 13.9 Å². The van der Waals surface area contributed by atoms with Gasteiger partial charge in [-0.3, -0.25) is 9.69 Å². The van der Waals surface area contributed by atoms with Crippen molar-refractivity contribution >= 4 is 11.7 Å². The summed E-state index contributed by atoms with van der Waals surface area (Å²) >= 11 is 0. The van der Waals surface area contributed by atoms with Gasteiger partial charge in [0.15, 0.2) is 0 Å². The van der Waals surface area contributed by atoms with Crippen LogP contribution in [0.3, 0.4) is 0 Å². The summed E-state index contributed by atoms with van der Waals surface area (Å²) in [5, 5.41) is 4.83. The third-order valence-electron chi connectivity index (χ3n) is 6.37. The van der Waals surface area contributed by atoms with Crippen LogP contribution < -0.4 is 9.64 Å². The Balaban J connectivity index is 1.71. The SMILES string of the molecule is CCOc1ccccc1[C@@H]1CC(=O)N(Cc2ccc(F)cc2)c2c1c(C)nn2-c1nc(C)cc(C)n1. The molecule has 2 aromatic heterocycles. The molecule has 0 fully saturated rings. The number of hydrogen-bond acceptors (Lipinski definition) is 5. The third-order valence-corrected chi connectivity index (χ3v) is 6.37. The third kappa shape index (κ3) is 4.34. The molecule has 1 atom stereocenters. The van der Waals surface area contributed by atoms with Crippen LogP contribution in [0.15, 0.2) is 54.6 Å². The second-order valence-electron chi connectivity index (χ2n) is 9.02. The van der Waals surface area contributed by atoms with Gasteiger partial charge >= 0.3 is 0 Å². The molecule has 1 amide bonds. The van der Waals surface area contributed by atoms with Crippen LogP contribution in [0.2, 0.25) is 0 Å². The largest absolute Gasteiger partial charge is 0.494 e. The quantitative estimate of drug-likeness (QED) is 0.376. The average molecular weight is 486 g/mol. The molecule has 0 saturated carbocycles. The molecule has 1 aliphatic heterocycles. The average Bonchev–Trinajstić information content (AvgIpc) is 3.19. The topological polar surface area (TPSA) is 73.1 Å². The number of amides is 1. The lowest BCUT2D eigenvalue weighted by Gasteiger charge is -2.33. The first-order valence-corrected chi connectivity index (χ1v) is 12.0. The first kappa shape index (κ1) is 23.7. The Morgan fingerprint density at radius 3 is 2.42 bits per heavy atom. The number of hydrogen-bond donors (Lipinski definition) is 0. The summed E-state index contributed by atoms with van der Waals surface area (Å²) in [6.07, 6.45) is 0.262. The number of anilines is 1. The lowest BCUT2D eigenvalue weighted by Crippen LogP contribution is -2.38. The van der Waals surface area contributed by atoms with Crippen LogP contribution in [-0.2, 0) is 11.3 Å². The van der Waals surface area contributed by atoms with Gasteiger partial charge in [0.05, 0.1) is 18.8 Å². The fourth-order valence-electron chi connectivity index (χ4n) is 4.90. The Morgan fingerprint density at radius 2 is 1.72 bits per heavy atom. The molecular formula is C28H28FN5O2. The standard InChI is InChI=1S/C28H28FN5O2/c1-5-36-24-9-7-6-8-22(24)23-15-25(35)33(16-20-10-12-21(29)13-11-20)27-26(23)19(4)32-34(27)28-30-17(2)14-18(3)31-28/h6-14,23H,5,15-16H2,1-4H3/t23-/m0/s1. The second-order valence-corrected chi connectivity index (χ2v) is 9.02. The number of aryl methyl sites for hydroxylation is 3. The molecule has 36 heavy (non-hydrogen) atoms. The van der Waals surface area contributed by atoms with E-state index in [1.54, 1.807) is 21.7 Å². The number of nitrogens with zero attached hydrogens (tertiary/aromatic N) is 5. The molecule has 0 spiro atoms. The first-order chi connectivity index (χ1) is 17.4. The van der Waals surface area contributed by atoms with Crippen molar-refractivity contribution in [1.29, 1.82) is 0 Å². The zero-order valence-electron chi connectivity index (χ0n) is 20.8. The summed E-state index contributed by atoms with van der Waals surface area (Å²) in [6, 6.07) is 15.9. The Labute approximate surface area is 209 Å². The first-order valence-electron chi connectivity index (χ1n) is 12.0. The van der Waals surface area contributed by atoms with Gasteiger partial charge < -0.3 is 4.74 Å². The fraction of sp³-hybridized carbons (Fsp3) is 0.286. The predicted octanol–water partition coefficient (Wildman–Crippen LogP) is 5.19. The monoisotopic (exact) mass is 485 g/mol. The molecule has 0 bridgehead atoms. The number of benzene rings is 2. The maximum Gasteiger partial charge on any atom is 0.252 e. The van der Waals surface area contributed by atoms with Gasteiger partial charge in [-0.1, -0.05) is 30.3 Å². The summed E-state index contributed by atoms with van der Waals surface area (Å²) in [6.45, 7) is 8.50. The van der Waals surface area contributed by atoms with Crippen molar-refractivity contribution in [2.75, 3.05) is 11.5 Å². The highest BCUT2D eigenvalue weighted by atomic mass is 19.1. The Kier molecular flexibility index (Phi) is 6.26. The summed E-state index contributed by atoms with van der Waals surface area (Å²) in [5.74, 6) is 1.18. The summed E-state index contributed by atoms with van der Waals surface area (Å²) < 4.78 is 21.2. The Bertz CT molecular complexity index is 1410. The van der Waals surface area contributed by atoms with E-state index in [0.717, 1.165) is 39.5 Å². The number of para-hydroxylation sites is 1. The normalized spacial score (nSPS) is 15.2. The minimum atomic E-state index is -0.318. The summed E-state index contributed by atoms with van der Waals surface area (Å²) in [4.78, 5) is 24.7. The van der Waals surface area contributed by atoms with Crippen LogP contribution in [0.4, 0.5) is 10.2 Å². The van der Waals surface area contributed by atoms with Gasteiger partial charge in [0.25, 0.3) is 5.95 Å². The lowest BCUT2D eigenvalue weighted by atomic mass is 9.84. The molecule has 0 aliphatic carbocycles. The van der Waals surface area contributed by atoms with Gasteiger partial charge in [0.2, 0.25) is 5.91 Å². The molecule has 4 aromatic rings.